The second-order valence-corrected chi connectivity index (χ2v) is 9.86. The molecular weight excluding hydrogens is 490 g/mol. The number of ether oxygens (including phenoxy) is 2. The zero-order valence-electron chi connectivity index (χ0n) is 21.5. The van der Waals surface area contributed by atoms with E-state index in [4.69, 9.17) is 15.2 Å². The zero-order chi connectivity index (χ0) is 26.8. The standard InChI is InChI=1S/C31H29N5O3/c1-2-27(37)35-22-16-20(17-22)8-13-26-28(21-9-11-25(12-10-21)39-24-6-4-3-5-7-24)29-30(32)33-19-34-31(29)36(26)23-14-15-38-18-23/h2-7,9-12,19-20,22-23H,1,14-18H2,(H,35,37)(H2,32,33,34). The largest absolute Gasteiger partial charge is 0.457 e. The number of fused-ring (bicyclic) bond motifs is 1. The van der Waals surface area contributed by atoms with Gasteiger partial charge in [-0.15, -0.1) is 0 Å². The first-order chi connectivity index (χ1) is 19.1. The highest BCUT2D eigenvalue weighted by molar-refractivity contribution is 6.03. The van der Waals surface area contributed by atoms with Crippen molar-refractivity contribution in [3.05, 3.63) is 79.3 Å². The number of amides is 1. The highest BCUT2D eigenvalue weighted by Crippen LogP contribution is 2.40. The maximum atomic E-state index is 11.6. The molecule has 3 heterocycles. The van der Waals surface area contributed by atoms with Crippen LogP contribution in [0.5, 0.6) is 11.5 Å². The van der Waals surface area contributed by atoms with Gasteiger partial charge in [0.25, 0.3) is 0 Å². The predicted molar refractivity (Wildman–Crippen MR) is 150 cm³/mol. The van der Waals surface area contributed by atoms with Crippen molar-refractivity contribution < 1.29 is 14.3 Å². The minimum absolute atomic E-state index is 0.0987. The summed E-state index contributed by atoms with van der Waals surface area (Å²) in [4.78, 5) is 20.6. The molecule has 2 fully saturated rings. The van der Waals surface area contributed by atoms with Crippen LogP contribution in [-0.4, -0.2) is 39.7 Å². The second-order valence-electron chi connectivity index (χ2n) is 9.86. The minimum Gasteiger partial charge on any atom is -0.457 e. The van der Waals surface area contributed by atoms with Crippen molar-refractivity contribution in [3.8, 4) is 34.5 Å². The van der Waals surface area contributed by atoms with E-state index >= 15 is 0 Å². The molecule has 1 unspecified atom stereocenters. The number of nitrogens with two attached hydrogens (primary N) is 1. The maximum absolute atomic E-state index is 11.6. The molecule has 0 bridgehead atoms. The molecular formula is C31H29N5O3. The summed E-state index contributed by atoms with van der Waals surface area (Å²) in [6, 6.07) is 17.8. The average molecular weight is 520 g/mol. The molecule has 1 aliphatic heterocycles. The first-order valence-corrected chi connectivity index (χ1v) is 13.1. The number of anilines is 1. The Bertz CT molecular complexity index is 1570. The lowest BCUT2D eigenvalue weighted by atomic mass is 9.80. The molecule has 1 saturated carbocycles. The van der Waals surface area contributed by atoms with Crippen molar-refractivity contribution in [1.29, 1.82) is 0 Å². The molecule has 39 heavy (non-hydrogen) atoms. The Labute approximate surface area is 226 Å². The summed E-state index contributed by atoms with van der Waals surface area (Å²) in [5.41, 5.74) is 9.93. The van der Waals surface area contributed by atoms with Crippen LogP contribution in [0.1, 0.15) is 31.0 Å². The van der Waals surface area contributed by atoms with Gasteiger partial charge in [-0.25, -0.2) is 9.97 Å². The minimum atomic E-state index is -0.149. The van der Waals surface area contributed by atoms with Gasteiger partial charge in [0.1, 0.15) is 35.0 Å². The van der Waals surface area contributed by atoms with Crippen LogP contribution in [0, 0.1) is 17.8 Å². The van der Waals surface area contributed by atoms with Crippen molar-refractivity contribution in [1.82, 2.24) is 19.9 Å². The number of benzene rings is 2. The fraction of sp³-hybridized carbons (Fsp3) is 0.258. The number of carbonyl (C=O) groups excluding carboxylic acids is 1. The topological polar surface area (TPSA) is 104 Å². The van der Waals surface area contributed by atoms with Gasteiger partial charge >= 0.3 is 0 Å². The Morgan fingerprint density at radius 3 is 2.62 bits per heavy atom. The molecule has 4 aromatic rings. The molecule has 2 aromatic carbocycles. The summed E-state index contributed by atoms with van der Waals surface area (Å²) < 4.78 is 13.9. The fourth-order valence-electron chi connectivity index (χ4n) is 5.24. The number of nitrogens with one attached hydrogen (secondary N) is 1. The highest BCUT2D eigenvalue weighted by atomic mass is 16.5. The van der Waals surface area contributed by atoms with Crippen LogP contribution in [0.4, 0.5) is 5.82 Å². The lowest BCUT2D eigenvalue weighted by molar-refractivity contribution is -0.117. The summed E-state index contributed by atoms with van der Waals surface area (Å²) in [5, 5.41) is 3.73. The van der Waals surface area contributed by atoms with E-state index < -0.39 is 0 Å². The van der Waals surface area contributed by atoms with E-state index in [2.05, 4.69) is 38.3 Å². The molecule has 1 amide bonds. The second kappa shape index (κ2) is 10.6. The van der Waals surface area contributed by atoms with Crippen LogP contribution in [0.25, 0.3) is 22.2 Å². The lowest BCUT2D eigenvalue weighted by Gasteiger charge is -2.32. The molecule has 0 spiro atoms. The summed E-state index contributed by atoms with van der Waals surface area (Å²) in [6.45, 7) is 4.80. The van der Waals surface area contributed by atoms with Crippen molar-refractivity contribution in [3.63, 3.8) is 0 Å². The third-order valence-electron chi connectivity index (χ3n) is 7.27. The van der Waals surface area contributed by atoms with E-state index in [0.29, 0.717) is 19.0 Å². The molecule has 1 saturated heterocycles. The normalized spacial score (nSPS) is 20.1. The first kappa shape index (κ1) is 24.7. The molecule has 3 N–H and O–H groups in total. The Morgan fingerprint density at radius 1 is 1.13 bits per heavy atom. The van der Waals surface area contributed by atoms with Crippen molar-refractivity contribution in [2.75, 3.05) is 18.9 Å². The predicted octanol–water partition coefficient (Wildman–Crippen LogP) is 4.87. The van der Waals surface area contributed by atoms with E-state index in [1.54, 1.807) is 0 Å². The van der Waals surface area contributed by atoms with Gasteiger partial charge in [-0.1, -0.05) is 42.8 Å². The maximum Gasteiger partial charge on any atom is 0.243 e. The van der Waals surface area contributed by atoms with Crippen molar-refractivity contribution >= 4 is 22.8 Å². The Kier molecular flexibility index (Phi) is 6.74. The zero-order valence-corrected chi connectivity index (χ0v) is 21.5. The lowest BCUT2D eigenvalue weighted by Crippen LogP contribution is -2.43. The van der Waals surface area contributed by atoms with Crippen LogP contribution >= 0.6 is 0 Å². The van der Waals surface area contributed by atoms with Crippen LogP contribution in [0.3, 0.4) is 0 Å². The monoisotopic (exact) mass is 519 g/mol. The van der Waals surface area contributed by atoms with E-state index in [1.165, 1.54) is 12.4 Å². The third kappa shape index (κ3) is 4.97. The molecule has 2 aromatic heterocycles. The number of hydrogen-bond donors (Lipinski definition) is 2. The summed E-state index contributed by atoms with van der Waals surface area (Å²) in [6.07, 6.45) is 5.28. The molecule has 0 radical (unpaired) electrons. The quantitative estimate of drug-likeness (QED) is 0.278. The number of rotatable bonds is 6. The van der Waals surface area contributed by atoms with Gasteiger partial charge in [0.15, 0.2) is 0 Å². The summed E-state index contributed by atoms with van der Waals surface area (Å²) in [5.74, 6) is 8.90. The fourth-order valence-corrected chi connectivity index (χ4v) is 5.24. The smallest absolute Gasteiger partial charge is 0.243 e. The summed E-state index contributed by atoms with van der Waals surface area (Å²) >= 11 is 0. The molecule has 2 aliphatic rings. The summed E-state index contributed by atoms with van der Waals surface area (Å²) in [7, 11) is 0. The molecule has 8 nitrogen and oxygen atoms in total. The van der Waals surface area contributed by atoms with Crippen molar-refractivity contribution in [2.24, 2.45) is 5.92 Å². The molecule has 196 valence electrons. The van der Waals surface area contributed by atoms with Gasteiger partial charge in [-0.2, -0.15) is 0 Å². The number of aromatic nitrogens is 3. The number of nitrogens with zero attached hydrogens (tertiary/aromatic N) is 3. The van der Waals surface area contributed by atoms with E-state index in [0.717, 1.165) is 58.6 Å². The molecule has 1 aliphatic carbocycles. The van der Waals surface area contributed by atoms with Crippen molar-refractivity contribution in [2.45, 2.75) is 31.3 Å². The van der Waals surface area contributed by atoms with Gasteiger partial charge in [-0.3, -0.25) is 4.79 Å². The highest BCUT2D eigenvalue weighted by Gasteiger charge is 2.30. The Balaban J connectivity index is 1.40. The van der Waals surface area contributed by atoms with Gasteiger partial charge in [0, 0.05) is 24.1 Å². The number of nitrogen functional groups attached to an aromatic ring is 1. The number of carbonyl (C=O) groups is 1. The molecule has 1 atom stereocenters. The number of para-hydroxylation sites is 1. The SMILES string of the molecule is C=CC(=O)NC1CC(C#Cc2c(-c3ccc(Oc4ccccc4)cc3)c3c(N)ncnc3n2C2CCOC2)C1. The Hall–Kier alpha value is -4.61. The van der Waals surface area contributed by atoms with Crippen LogP contribution in [0.2, 0.25) is 0 Å². The first-order valence-electron chi connectivity index (χ1n) is 13.1. The van der Waals surface area contributed by atoms with Gasteiger partial charge in [0.05, 0.1) is 18.0 Å². The van der Waals surface area contributed by atoms with Crippen LogP contribution in [-0.2, 0) is 9.53 Å². The van der Waals surface area contributed by atoms with Gasteiger partial charge in [0.2, 0.25) is 5.91 Å². The van der Waals surface area contributed by atoms with Crippen LogP contribution < -0.4 is 15.8 Å². The Morgan fingerprint density at radius 2 is 1.90 bits per heavy atom. The van der Waals surface area contributed by atoms with Gasteiger partial charge in [-0.05, 0) is 61.1 Å². The van der Waals surface area contributed by atoms with Crippen LogP contribution in [0.15, 0.2) is 73.6 Å². The molecule has 8 heteroatoms. The third-order valence-corrected chi connectivity index (χ3v) is 7.27. The van der Waals surface area contributed by atoms with E-state index in [-0.39, 0.29) is 23.9 Å². The average Bonchev–Trinajstić information content (AvgIpc) is 3.57. The van der Waals surface area contributed by atoms with Gasteiger partial charge < -0.3 is 25.1 Å². The van der Waals surface area contributed by atoms with E-state index in [1.807, 2.05) is 54.6 Å². The van der Waals surface area contributed by atoms with E-state index in [9.17, 15) is 4.79 Å². The molecule has 6 rings (SSSR count). The number of hydrogen-bond acceptors (Lipinski definition) is 6.